The summed E-state index contributed by atoms with van der Waals surface area (Å²) in [5.41, 5.74) is 0.719. The van der Waals surface area contributed by atoms with E-state index in [9.17, 15) is 4.79 Å². The topological polar surface area (TPSA) is 54.9 Å². The third-order valence-electron chi connectivity index (χ3n) is 2.71. The van der Waals surface area contributed by atoms with Crippen molar-refractivity contribution in [3.05, 3.63) is 34.3 Å². The SMILES string of the molecule is CCCCNc1nnc(SCC(=O)c2ccc(Br)cc2)s1. The van der Waals surface area contributed by atoms with Crippen LogP contribution in [0.15, 0.2) is 33.1 Å². The van der Waals surface area contributed by atoms with E-state index in [4.69, 9.17) is 0 Å². The molecule has 1 N–H and O–H groups in total. The van der Waals surface area contributed by atoms with E-state index in [-0.39, 0.29) is 5.78 Å². The molecule has 0 bridgehead atoms. The number of carbonyl (C=O) groups excluding carboxylic acids is 1. The molecule has 0 unspecified atom stereocenters. The lowest BCUT2D eigenvalue weighted by atomic mass is 10.2. The first-order valence-electron chi connectivity index (χ1n) is 6.68. The van der Waals surface area contributed by atoms with Gasteiger partial charge >= 0.3 is 0 Å². The lowest BCUT2D eigenvalue weighted by molar-refractivity contribution is 0.102. The molecule has 1 aromatic carbocycles. The predicted octanol–water partition coefficient (Wildman–Crippen LogP) is 4.49. The molecule has 1 aromatic heterocycles. The summed E-state index contributed by atoms with van der Waals surface area (Å²) >= 11 is 6.28. The number of thioether (sulfide) groups is 1. The Kier molecular flexibility index (Phi) is 6.66. The van der Waals surface area contributed by atoms with Crippen molar-refractivity contribution in [3.63, 3.8) is 0 Å². The van der Waals surface area contributed by atoms with E-state index >= 15 is 0 Å². The summed E-state index contributed by atoms with van der Waals surface area (Å²) in [6.07, 6.45) is 2.26. The number of nitrogens with zero attached hydrogens (tertiary/aromatic N) is 2. The molecule has 21 heavy (non-hydrogen) atoms. The number of hydrogen-bond acceptors (Lipinski definition) is 6. The fourth-order valence-electron chi connectivity index (χ4n) is 1.56. The minimum Gasteiger partial charge on any atom is -0.360 e. The molecule has 0 spiro atoms. The van der Waals surface area contributed by atoms with Crippen LogP contribution in [0.1, 0.15) is 30.1 Å². The van der Waals surface area contributed by atoms with Gasteiger partial charge in [-0.1, -0.05) is 64.5 Å². The Hall–Kier alpha value is -0.920. The number of unbranched alkanes of at least 4 members (excludes halogenated alkanes) is 1. The molecule has 0 atom stereocenters. The van der Waals surface area contributed by atoms with Crippen LogP contribution in [0.5, 0.6) is 0 Å². The summed E-state index contributed by atoms with van der Waals surface area (Å²) in [6, 6.07) is 7.40. The van der Waals surface area contributed by atoms with E-state index in [0.717, 1.165) is 38.9 Å². The van der Waals surface area contributed by atoms with Gasteiger partial charge in [-0.05, 0) is 18.6 Å². The maximum absolute atomic E-state index is 12.1. The van der Waals surface area contributed by atoms with Crippen LogP contribution in [-0.4, -0.2) is 28.3 Å². The molecule has 0 radical (unpaired) electrons. The molecule has 2 rings (SSSR count). The molecule has 0 fully saturated rings. The second kappa shape index (κ2) is 8.51. The zero-order valence-corrected chi connectivity index (χ0v) is 14.9. The molecule has 7 heteroatoms. The molecular formula is C14H16BrN3OS2. The molecule has 0 saturated heterocycles. The Morgan fingerprint density at radius 3 is 2.81 bits per heavy atom. The monoisotopic (exact) mass is 385 g/mol. The van der Waals surface area contributed by atoms with E-state index < -0.39 is 0 Å². The van der Waals surface area contributed by atoms with Crippen LogP contribution in [-0.2, 0) is 0 Å². The number of carbonyl (C=O) groups is 1. The van der Waals surface area contributed by atoms with Crippen molar-refractivity contribution in [1.29, 1.82) is 0 Å². The highest BCUT2D eigenvalue weighted by molar-refractivity contribution is 9.10. The number of ketones is 1. The molecule has 0 amide bonds. The quantitative estimate of drug-likeness (QED) is 0.412. The van der Waals surface area contributed by atoms with Crippen molar-refractivity contribution in [3.8, 4) is 0 Å². The molecule has 112 valence electrons. The van der Waals surface area contributed by atoms with E-state index in [2.05, 4.69) is 38.4 Å². The number of hydrogen-bond donors (Lipinski definition) is 1. The normalized spacial score (nSPS) is 10.6. The first kappa shape index (κ1) is 16.5. The number of halogens is 1. The van der Waals surface area contributed by atoms with Crippen molar-refractivity contribution < 1.29 is 4.79 Å². The number of rotatable bonds is 8. The fraction of sp³-hybridized carbons (Fsp3) is 0.357. The summed E-state index contributed by atoms with van der Waals surface area (Å²) < 4.78 is 1.79. The summed E-state index contributed by atoms with van der Waals surface area (Å²) in [5, 5.41) is 12.2. The van der Waals surface area contributed by atoms with Crippen LogP contribution in [0.25, 0.3) is 0 Å². The zero-order valence-electron chi connectivity index (χ0n) is 11.6. The highest BCUT2D eigenvalue weighted by Gasteiger charge is 2.09. The van der Waals surface area contributed by atoms with E-state index in [1.54, 1.807) is 0 Å². The second-order valence-electron chi connectivity index (χ2n) is 4.37. The van der Waals surface area contributed by atoms with Gasteiger partial charge in [0.15, 0.2) is 10.1 Å². The highest BCUT2D eigenvalue weighted by Crippen LogP contribution is 2.26. The number of anilines is 1. The van der Waals surface area contributed by atoms with Gasteiger partial charge < -0.3 is 5.32 Å². The van der Waals surface area contributed by atoms with Crippen molar-refractivity contribution in [2.75, 3.05) is 17.6 Å². The standard InChI is InChI=1S/C14H16BrN3OS2/c1-2-3-8-16-13-17-18-14(21-13)20-9-12(19)10-4-6-11(15)7-5-10/h4-7H,2-3,8-9H2,1H3,(H,16,17). The van der Waals surface area contributed by atoms with Gasteiger partial charge in [0.2, 0.25) is 5.13 Å². The summed E-state index contributed by atoms with van der Waals surface area (Å²) in [7, 11) is 0. The second-order valence-corrected chi connectivity index (χ2v) is 7.49. The maximum atomic E-state index is 12.1. The van der Waals surface area contributed by atoms with Gasteiger partial charge in [0, 0.05) is 16.6 Å². The molecule has 1 heterocycles. The lowest BCUT2D eigenvalue weighted by Gasteiger charge is -1.99. The molecular weight excluding hydrogens is 370 g/mol. The first-order valence-corrected chi connectivity index (χ1v) is 9.27. The summed E-state index contributed by atoms with van der Waals surface area (Å²) in [5.74, 6) is 0.480. The minimum atomic E-state index is 0.100. The van der Waals surface area contributed by atoms with Crippen molar-refractivity contribution in [2.45, 2.75) is 24.1 Å². The molecule has 0 aliphatic carbocycles. The highest BCUT2D eigenvalue weighted by atomic mass is 79.9. The predicted molar refractivity (Wildman–Crippen MR) is 92.5 cm³/mol. The molecule has 2 aromatic rings. The Morgan fingerprint density at radius 1 is 1.33 bits per heavy atom. The Labute approximate surface area is 140 Å². The van der Waals surface area contributed by atoms with Crippen LogP contribution in [0.3, 0.4) is 0 Å². The Morgan fingerprint density at radius 2 is 2.10 bits per heavy atom. The van der Waals surface area contributed by atoms with Gasteiger partial charge in [-0.15, -0.1) is 10.2 Å². The van der Waals surface area contributed by atoms with Crippen molar-refractivity contribution in [1.82, 2.24) is 10.2 Å². The average Bonchev–Trinajstić information content (AvgIpc) is 2.94. The summed E-state index contributed by atoms with van der Waals surface area (Å²) in [4.78, 5) is 12.1. The van der Waals surface area contributed by atoms with Crippen LogP contribution >= 0.6 is 39.0 Å². The first-order chi connectivity index (χ1) is 10.2. The van der Waals surface area contributed by atoms with Gasteiger partial charge in [-0.25, -0.2) is 0 Å². The molecule has 4 nitrogen and oxygen atoms in total. The molecule has 0 aliphatic heterocycles. The van der Waals surface area contributed by atoms with Crippen LogP contribution in [0, 0.1) is 0 Å². The van der Waals surface area contributed by atoms with Gasteiger partial charge in [-0.3, -0.25) is 4.79 Å². The number of Topliss-reactive ketones (excluding diaryl/α,β-unsaturated/α-hetero) is 1. The van der Waals surface area contributed by atoms with Gasteiger partial charge in [0.25, 0.3) is 0 Å². The van der Waals surface area contributed by atoms with Gasteiger partial charge in [-0.2, -0.15) is 0 Å². The van der Waals surface area contributed by atoms with Crippen LogP contribution in [0.4, 0.5) is 5.13 Å². The Bertz CT molecular complexity index is 586. The zero-order chi connectivity index (χ0) is 15.1. The average molecular weight is 386 g/mol. The third kappa shape index (κ3) is 5.41. The van der Waals surface area contributed by atoms with Gasteiger partial charge in [0.1, 0.15) is 0 Å². The van der Waals surface area contributed by atoms with Crippen molar-refractivity contribution >= 4 is 49.9 Å². The number of aromatic nitrogens is 2. The van der Waals surface area contributed by atoms with E-state index in [1.165, 1.54) is 23.1 Å². The molecule has 0 saturated carbocycles. The van der Waals surface area contributed by atoms with E-state index in [0.29, 0.717) is 5.75 Å². The maximum Gasteiger partial charge on any atom is 0.206 e. The number of benzene rings is 1. The number of nitrogens with one attached hydrogen (secondary N) is 1. The third-order valence-corrected chi connectivity index (χ3v) is 5.25. The smallest absolute Gasteiger partial charge is 0.206 e. The van der Waals surface area contributed by atoms with Gasteiger partial charge in [0.05, 0.1) is 5.75 Å². The Balaban J connectivity index is 1.82. The molecule has 0 aliphatic rings. The van der Waals surface area contributed by atoms with Crippen LogP contribution < -0.4 is 5.32 Å². The van der Waals surface area contributed by atoms with Crippen molar-refractivity contribution in [2.24, 2.45) is 0 Å². The lowest BCUT2D eigenvalue weighted by Crippen LogP contribution is -2.01. The minimum absolute atomic E-state index is 0.100. The fourth-order valence-corrected chi connectivity index (χ4v) is 3.49. The summed E-state index contributed by atoms with van der Waals surface area (Å²) in [6.45, 7) is 3.06. The largest absolute Gasteiger partial charge is 0.360 e. The van der Waals surface area contributed by atoms with Crippen LogP contribution in [0.2, 0.25) is 0 Å². The van der Waals surface area contributed by atoms with E-state index in [1.807, 2.05) is 24.3 Å².